The number of carbonyl (C=O) groups excluding carboxylic acids is 1. The fraction of sp³-hybridized carbons (Fsp3) is 0.706. The minimum Gasteiger partial charge on any atom is -0.349 e. The first-order chi connectivity index (χ1) is 10.3. The Bertz CT molecular complexity index is 517. The number of hydrogen-bond donors (Lipinski definition) is 2. The number of rotatable bonds is 5. The van der Waals surface area contributed by atoms with Crippen LogP contribution in [0.2, 0.25) is 0 Å². The lowest BCUT2D eigenvalue weighted by atomic mass is 9.93. The summed E-state index contributed by atoms with van der Waals surface area (Å²) in [6, 6.07) is 3.97. The molecule has 1 aromatic heterocycles. The second-order valence-corrected chi connectivity index (χ2v) is 7.85. The van der Waals surface area contributed by atoms with Gasteiger partial charge in [0.05, 0.1) is 4.88 Å². The van der Waals surface area contributed by atoms with Crippen molar-refractivity contribution in [1.82, 2.24) is 10.6 Å². The summed E-state index contributed by atoms with van der Waals surface area (Å²) in [6.45, 7) is 0. The van der Waals surface area contributed by atoms with Crippen LogP contribution in [0.25, 0.3) is 0 Å². The Balaban J connectivity index is 1.31. The van der Waals surface area contributed by atoms with Crippen molar-refractivity contribution in [3.05, 3.63) is 21.9 Å². The Hall–Kier alpha value is -0.870. The number of carbonyl (C=O) groups is 1. The molecule has 3 saturated carbocycles. The molecule has 2 N–H and O–H groups in total. The molecular formula is C17H24N2OS. The lowest BCUT2D eigenvalue weighted by Gasteiger charge is -2.26. The summed E-state index contributed by atoms with van der Waals surface area (Å²) in [5.41, 5.74) is 1.37. The van der Waals surface area contributed by atoms with Crippen LogP contribution in [0.5, 0.6) is 0 Å². The molecule has 1 heterocycles. The van der Waals surface area contributed by atoms with E-state index < -0.39 is 0 Å². The van der Waals surface area contributed by atoms with E-state index >= 15 is 0 Å². The van der Waals surface area contributed by atoms with Gasteiger partial charge in [-0.2, -0.15) is 0 Å². The summed E-state index contributed by atoms with van der Waals surface area (Å²) in [6.07, 6.45) is 10.2. The molecule has 4 rings (SSSR count). The predicted molar refractivity (Wildman–Crippen MR) is 86.0 cm³/mol. The SMILES string of the molecule is O=C(NC1CCCC1)c1cc([C@@H]2C[C@H]2NC2CCC2)cs1. The molecule has 21 heavy (non-hydrogen) atoms. The quantitative estimate of drug-likeness (QED) is 0.875. The van der Waals surface area contributed by atoms with E-state index in [9.17, 15) is 4.79 Å². The smallest absolute Gasteiger partial charge is 0.261 e. The van der Waals surface area contributed by atoms with Crippen LogP contribution in [-0.2, 0) is 0 Å². The lowest BCUT2D eigenvalue weighted by molar-refractivity contribution is 0.0942. The minimum atomic E-state index is 0.141. The molecule has 3 nitrogen and oxygen atoms in total. The first-order valence-corrected chi connectivity index (χ1v) is 9.33. The highest BCUT2D eigenvalue weighted by Crippen LogP contribution is 2.43. The average molecular weight is 304 g/mol. The van der Waals surface area contributed by atoms with Gasteiger partial charge in [-0.1, -0.05) is 19.3 Å². The molecule has 2 atom stereocenters. The second kappa shape index (κ2) is 5.73. The van der Waals surface area contributed by atoms with Crippen LogP contribution in [0.15, 0.2) is 11.4 Å². The van der Waals surface area contributed by atoms with Crippen molar-refractivity contribution < 1.29 is 4.79 Å². The van der Waals surface area contributed by atoms with Crippen LogP contribution in [0.1, 0.15) is 72.5 Å². The maximum Gasteiger partial charge on any atom is 0.261 e. The van der Waals surface area contributed by atoms with Crippen LogP contribution in [0, 0.1) is 0 Å². The summed E-state index contributed by atoms with van der Waals surface area (Å²) in [7, 11) is 0. The van der Waals surface area contributed by atoms with Crippen molar-refractivity contribution in [3.8, 4) is 0 Å². The number of amides is 1. The fourth-order valence-corrected chi connectivity index (χ4v) is 4.49. The highest BCUT2D eigenvalue weighted by molar-refractivity contribution is 7.12. The third kappa shape index (κ3) is 3.02. The van der Waals surface area contributed by atoms with Gasteiger partial charge in [-0.15, -0.1) is 11.3 Å². The molecule has 3 fully saturated rings. The topological polar surface area (TPSA) is 41.1 Å². The molecule has 0 bridgehead atoms. The Labute approximate surface area is 130 Å². The summed E-state index contributed by atoms with van der Waals surface area (Å²) in [4.78, 5) is 13.2. The zero-order valence-electron chi connectivity index (χ0n) is 12.4. The van der Waals surface area contributed by atoms with Crippen LogP contribution >= 0.6 is 11.3 Å². The van der Waals surface area contributed by atoms with Gasteiger partial charge in [-0.05, 0) is 49.1 Å². The molecule has 4 heteroatoms. The highest BCUT2D eigenvalue weighted by Gasteiger charge is 2.40. The van der Waals surface area contributed by atoms with Crippen molar-refractivity contribution in [3.63, 3.8) is 0 Å². The first kappa shape index (κ1) is 13.8. The van der Waals surface area contributed by atoms with Crippen LogP contribution in [0.3, 0.4) is 0 Å². The zero-order valence-corrected chi connectivity index (χ0v) is 13.3. The Kier molecular flexibility index (Phi) is 3.76. The normalized spacial score (nSPS) is 29.3. The third-order valence-electron chi connectivity index (χ3n) is 5.31. The van der Waals surface area contributed by atoms with Crippen molar-refractivity contribution in [1.29, 1.82) is 0 Å². The molecule has 114 valence electrons. The van der Waals surface area contributed by atoms with Crippen LogP contribution in [-0.4, -0.2) is 24.0 Å². The minimum absolute atomic E-state index is 0.141. The molecule has 0 saturated heterocycles. The molecule has 0 aromatic carbocycles. The maximum atomic E-state index is 12.3. The summed E-state index contributed by atoms with van der Waals surface area (Å²) in [5, 5.41) is 9.12. The number of nitrogens with one attached hydrogen (secondary N) is 2. The molecule has 0 aliphatic heterocycles. The van der Waals surface area contributed by atoms with Gasteiger partial charge in [-0.3, -0.25) is 4.79 Å². The summed E-state index contributed by atoms with van der Waals surface area (Å²) >= 11 is 1.61. The molecule has 1 amide bonds. The lowest BCUT2D eigenvalue weighted by Crippen LogP contribution is -2.37. The van der Waals surface area contributed by atoms with Crippen LogP contribution < -0.4 is 10.6 Å². The summed E-state index contributed by atoms with van der Waals surface area (Å²) in [5.74, 6) is 0.789. The maximum absolute atomic E-state index is 12.3. The van der Waals surface area contributed by atoms with Crippen molar-refractivity contribution >= 4 is 17.2 Å². The van der Waals surface area contributed by atoms with E-state index in [1.807, 2.05) is 0 Å². The molecule has 1 aromatic rings. The Morgan fingerprint density at radius 1 is 1.10 bits per heavy atom. The molecular weight excluding hydrogens is 280 g/mol. The van der Waals surface area contributed by atoms with Crippen molar-refractivity contribution in [2.24, 2.45) is 0 Å². The van der Waals surface area contributed by atoms with Gasteiger partial charge in [0, 0.05) is 24.0 Å². The molecule has 3 aliphatic carbocycles. The van der Waals surface area contributed by atoms with E-state index in [4.69, 9.17) is 0 Å². The average Bonchev–Trinajstić information content (AvgIpc) is 2.86. The van der Waals surface area contributed by atoms with Gasteiger partial charge in [0.2, 0.25) is 0 Å². The van der Waals surface area contributed by atoms with E-state index in [-0.39, 0.29) is 5.91 Å². The fourth-order valence-electron chi connectivity index (χ4n) is 3.62. The van der Waals surface area contributed by atoms with E-state index in [1.165, 1.54) is 44.1 Å². The van der Waals surface area contributed by atoms with Crippen LogP contribution in [0.4, 0.5) is 0 Å². The Morgan fingerprint density at radius 3 is 2.57 bits per heavy atom. The van der Waals surface area contributed by atoms with E-state index in [0.29, 0.717) is 18.0 Å². The number of thiophene rings is 1. The Morgan fingerprint density at radius 2 is 1.86 bits per heavy atom. The van der Waals surface area contributed by atoms with Crippen molar-refractivity contribution in [2.75, 3.05) is 0 Å². The van der Waals surface area contributed by atoms with Gasteiger partial charge in [0.25, 0.3) is 5.91 Å². The highest BCUT2D eigenvalue weighted by atomic mass is 32.1. The van der Waals surface area contributed by atoms with Gasteiger partial charge in [0.1, 0.15) is 0 Å². The predicted octanol–water partition coefficient (Wildman–Crippen LogP) is 3.42. The van der Waals surface area contributed by atoms with Gasteiger partial charge in [0.15, 0.2) is 0 Å². The summed E-state index contributed by atoms with van der Waals surface area (Å²) < 4.78 is 0. The van der Waals surface area contributed by atoms with Gasteiger partial charge in [-0.25, -0.2) is 0 Å². The zero-order chi connectivity index (χ0) is 14.2. The van der Waals surface area contributed by atoms with E-state index in [0.717, 1.165) is 23.8 Å². The monoisotopic (exact) mass is 304 g/mol. The van der Waals surface area contributed by atoms with E-state index in [1.54, 1.807) is 11.3 Å². The molecule has 3 aliphatic rings. The second-order valence-electron chi connectivity index (χ2n) is 6.94. The van der Waals surface area contributed by atoms with E-state index in [2.05, 4.69) is 22.1 Å². The molecule has 0 radical (unpaired) electrons. The van der Waals surface area contributed by atoms with Crippen molar-refractivity contribution in [2.45, 2.75) is 75.4 Å². The van der Waals surface area contributed by atoms with Gasteiger partial charge >= 0.3 is 0 Å². The number of hydrogen-bond acceptors (Lipinski definition) is 3. The first-order valence-electron chi connectivity index (χ1n) is 8.45. The largest absolute Gasteiger partial charge is 0.349 e. The standard InChI is InChI=1S/C17H24N2OS/c20-17(19-13-4-1-2-5-13)16-8-11(10-21-16)14-9-15(14)18-12-6-3-7-12/h8,10,12-15,18H,1-7,9H2,(H,19,20)/t14-,15+/m0/s1. The molecule has 0 spiro atoms. The van der Waals surface area contributed by atoms with Gasteiger partial charge < -0.3 is 10.6 Å². The third-order valence-corrected chi connectivity index (χ3v) is 6.25. The molecule has 0 unspecified atom stereocenters.